The fourth-order valence-electron chi connectivity index (χ4n) is 6.34. The van der Waals surface area contributed by atoms with E-state index in [1.54, 1.807) is 11.8 Å². The van der Waals surface area contributed by atoms with Gasteiger partial charge in [0.1, 0.15) is 6.04 Å². The highest BCUT2D eigenvalue weighted by molar-refractivity contribution is 8.03. The van der Waals surface area contributed by atoms with Crippen molar-refractivity contribution in [3.8, 4) is 0 Å². The summed E-state index contributed by atoms with van der Waals surface area (Å²) in [6.07, 6.45) is 11.0. The molecule has 10 heteroatoms. The highest BCUT2D eigenvalue weighted by Crippen LogP contribution is 2.30. The maximum absolute atomic E-state index is 14.1. The van der Waals surface area contributed by atoms with Crippen LogP contribution in [-0.2, 0) is 20.7 Å². The van der Waals surface area contributed by atoms with Crippen LogP contribution in [0.2, 0.25) is 0 Å². The summed E-state index contributed by atoms with van der Waals surface area (Å²) in [6, 6.07) is 26.7. The van der Waals surface area contributed by atoms with Gasteiger partial charge in [0, 0.05) is 29.9 Å². The maximum atomic E-state index is 14.1. The molecule has 5 atom stereocenters. The molecule has 1 saturated heterocycles. The van der Waals surface area contributed by atoms with Gasteiger partial charge in [0.25, 0.3) is 0 Å². The molecule has 1 aliphatic carbocycles. The summed E-state index contributed by atoms with van der Waals surface area (Å²) in [7, 11) is 1.30. The number of para-hydroxylation sites is 1. The van der Waals surface area contributed by atoms with Crippen LogP contribution in [0.3, 0.4) is 0 Å². The Bertz CT molecular complexity index is 1670. The van der Waals surface area contributed by atoms with Crippen LogP contribution in [0.4, 0.5) is 10.5 Å². The van der Waals surface area contributed by atoms with E-state index in [0.29, 0.717) is 12.1 Å². The first-order chi connectivity index (χ1) is 24.0. The van der Waals surface area contributed by atoms with E-state index in [2.05, 4.69) is 39.3 Å². The van der Waals surface area contributed by atoms with E-state index in [9.17, 15) is 9.59 Å². The molecule has 254 valence electrons. The van der Waals surface area contributed by atoms with Crippen molar-refractivity contribution in [3.05, 3.63) is 137 Å². The Morgan fingerprint density at radius 2 is 1.71 bits per heavy atom. The number of hydrogen-bond acceptors (Lipinski definition) is 8. The molecule has 9 nitrogen and oxygen atoms in total. The Morgan fingerprint density at radius 3 is 2.45 bits per heavy atom. The molecule has 3 aromatic rings. The SMILES string of the molecule is COC(=O)N[C@H](C(=O)Nc1ccccc1CC[C@@H]1CN[C@H](C)[C@@H](CSC2=CN=C3C=CC=CC3N2)O1)C(c1ccccc1)c1ccccc1. The Kier molecular flexibility index (Phi) is 11.6. The standard InChI is InChI=1S/C39H43N5O4S/c1-26-34(25-49-35-24-41-32-19-11-12-20-33(32)42-35)48-30(23-40-26)22-21-27-13-9-10-18-31(27)43-38(45)37(44-39(46)47-2)36(28-14-5-3-6-15-28)29-16-7-4-8-17-29/h3-20,24,26,30,33-34,36-37,40,42H,21-23,25H2,1-2H3,(H,43,45)(H,44,46)/t26-,30-,33?,34-,37+/m1/s1. The van der Waals surface area contributed by atoms with Crippen LogP contribution in [0.15, 0.2) is 125 Å². The molecule has 49 heavy (non-hydrogen) atoms. The number of alkyl carbamates (subject to hydrolysis) is 1. The number of aryl methyl sites for hydroxylation is 1. The zero-order valence-corrected chi connectivity index (χ0v) is 28.6. The second kappa shape index (κ2) is 16.6. The zero-order chi connectivity index (χ0) is 34.0. The molecule has 1 fully saturated rings. The predicted molar refractivity (Wildman–Crippen MR) is 197 cm³/mol. The van der Waals surface area contributed by atoms with Gasteiger partial charge in [-0.3, -0.25) is 9.79 Å². The molecule has 2 aliphatic heterocycles. The molecule has 6 rings (SSSR count). The number of fused-ring (bicyclic) bond motifs is 1. The second-order valence-electron chi connectivity index (χ2n) is 12.3. The van der Waals surface area contributed by atoms with Crippen molar-refractivity contribution < 1.29 is 19.1 Å². The first-order valence-electron chi connectivity index (χ1n) is 16.7. The van der Waals surface area contributed by atoms with Gasteiger partial charge in [-0.25, -0.2) is 4.79 Å². The summed E-state index contributed by atoms with van der Waals surface area (Å²) in [5.41, 5.74) is 4.53. The van der Waals surface area contributed by atoms with Crippen molar-refractivity contribution in [2.24, 2.45) is 4.99 Å². The largest absolute Gasteiger partial charge is 0.453 e. The third-order valence-corrected chi connectivity index (χ3v) is 10.1. The van der Waals surface area contributed by atoms with E-state index in [0.717, 1.165) is 46.1 Å². The lowest BCUT2D eigenvalue weighted by atomic mass is 9.84. The fraction of sp³-hybridized carbons (Fsp3) is 0.308. The normalized spacial score (nSPS) is 21.9. The lowest BCUT2D eigenvalue weighted by Crippen LogP contribution is -2.52. The van der Waals surface area contributed by atoms with Gasteiger partial charge in [-0.2, -0.15) is 0 Å². The number of rotatable bonds is 12. The molecule has 0 radical (unpaired) electrons. The smallest absolute Gasteiger partial charge is 0.407 e. The molecule has 2 amide bonds. The van der Waals surface area contributed by atoms with Crippen molar-refractivity contribution in [1.82, 2.24) is 16.0 Å². The summed E-state index contributed by atoms with van der Waals surface area (Å²) in [5, 5.41) is 14.2. The number of hydrogen-bond donors (Lipinski definition) is 4. The molecule has 0 aromatic heterocycles. The van der Waals surface area contributed by atoms with Crippen molar-refractivity contribution in [1.29, 1.82) is 0 Å². The number of amides is 2. The molecule has 2 heterocycles. The number of nitrogens with one attached hydrogen (secondary N) is 4. The van der Waals surface area contributed by atoms with Crippen LogP contribution < -0.4 is 21.3 Å². The van der Waals surface area contributed by atoms with E-state index in [1.165, 1.54) is 7.11 Å². The van der Waals surface area contributed by atoms with Gasteiger partial charge in [-0.1, -0.05) is 97.1 Å². The zero-order valence-electron chi connectivity index (χ0n) is 27.8. The minimum atomic E-state index is -0.937. The van der Waals surface area contributed by atoms with Gasteiger partial charge >= 0.3 is 6.09 Å². The first kappa shape index (κ1) is 34.2. The number of anilines is 1. The van der Waals surface area contributed by atoms with Crippen LogP contribution in [-0.4, -0.2) is 67.5 Å². The third kappa shape index (κ3) is 8.89. The van der Waals surface area contributed by atoms with E-state index in [1.807, 2.05) is 109 Å². The molecule has 3 aliphatic rings. The first-order valence-corrected chi connectivity index (χ1v) is 17.7. The van der Waals surface area contributed by atoms with Gasteiger partial charge < -0.3 is 30.7 Å². The molecule has 0 bridgehead atoms. The summed E-state index contributed by atoms with van der Waals surface area (Å²) in [6.45, 7) is 2.92. The predicted octanol–water partition coefficient (Wildman–Crippen LogP) is 5.93. The number of nitrogens with zero attached hydrogens (tertiary/aromatic N) is 1. The van der Waals surface area contributed by atoms with Crippen molar-refractivity contribution >= 4 is 35.2 Å². The number of carbonyl (C=O) groups is 2. The molecular weight excluding hydrogens is 635 g/mol. The Balaban J connectivity index is 1.11. The highest BCUT2D eigenvalue weighted by atomic mass is 32.2. The maximum Gasteiger partial charge on any atom is 0.407 e. The van der Waals surface area contributed by atoms with Gasteiger partial charge in [-0.05, 0) is 48.6 Å². The number of methoxy groups -OCH3 is 1. The Labute approximate surface area is 292 Å². The van der Waals surface area contributed by atoms with Crippen LogP contribution in [0.25, 0.3) is 0 Å². The van der Waals surface area contributed by atoms with Crippen LogP contribution in [0.5, 0.6) is 0 Å². The van der Waals surface area contributed by atoms with Crippen LogP contribution >= 0.6 is 11.8 Å². The minimum absolute atomic E-state index is 0.0178. The van der Waals surface area contributed by atoms with Gasteiger partial charge in [0.15, 0.2) is 0 Å². The molecule has 0 spiro atoms. The Morgan fingerprint density at radius 1 is 1.00 bits per heavy atom. The number of morpholine rings is 1. The van der Waals surface area contributed by atoms with Gasteiger partial charge in [-0.15, -0.1) is 11.8 Å². The fourth-order valence-corrected chi connectivity index (χ4v) is 7.39. The number of thioether (sulfide) groups is 1. The van der Waals surface area contributed by atoms with Crippen LogP contribution in [0, 0.1) is 0 Å². The number of carbonyl (C=O) groups excluding carboxylic acids is 2. The molecular formula is C39H43N5O4S. The monoisotopic (exact) mass is 677 g/mol. The number of benzene rings is 3. The summed E-state index contributed by atoms with van der Waals surface area (Å²) < 4.78 is 11.6. The van der Waals surface area contributed by atoms with Crippen LogP contribution in [0.1, 0.15) is 36.0 Å². The third-order valence-electron chi connectivity index (χ3n) is 9.03. The van der Waals surface area contributed by atoms with Gasteiger partial charge in [0.05, 0.1) is 42.3 Å². The van der Waals surface area contributed by atoms with E-state index >= 15 is 0 Å². The lowest BCUT2D eigenvalue weighted by Gasteiger charge is -2.36. The minimum Gasteiger partial charge on any atom is -0.453 e. The van der Waals surface area contributed by atoms with Crippen molar-refractivity contribution in [2.45, 2.75) is 56.0 Å². The summed E-state index contributed by atoms with van der Waals surface area (Å²) in [4.78, 5) is 31.3. The quantitative estimate of drug-likeness (QED) is 0.188. The molecule has 0 saturated carbocycles. The summed E-state index contributed by atoms with van der Waals surface area (Å²) in [5.74, 6) is 0.0155. The molecule has 4 N–H and O–H groups in total. The summed E-state index contributed by atoms with van der Waals surface area (Å²) >= 11 is 1.73. The average Bonchev–Trinajstić information content (AvgIpc) is 3.15. The highest BCUT2D eigenvalue weighted by Gasteiger charge is 2.34. The lowest BCUT2D eigenvalue weighted by molar-refractivity contribution is -0.118. The second-order valence-corrected chi connectivity index (χ2v) is 13.4. The molecule has 3 aromatic carbocycles. The Hall–Kier alpha value is -4.64. The van der Waals surface area contributed by atoms with E-state index in [4.69, 9.17) is 9.47 Å². The van der Waals surface area contributed by atoms with Gasteiger partial charge in [0.2, 0.25) is 5.91 Å². The topological polar surface area (TPSA) is 113 Å². The number of aliphatic imine (C=N–C) groups is 1. The van der Waals surface area contributed by atoms with Crippen molar-refractivity contribution in [3.63, 3.8) is 0 Å². The average molecular weight is 678 g/mol. The molecule has 1 unspecified atom stereocenters. The number of allylic oxidation sites excluding steroid dienone is 2. The van der Waals surface area contributed by atoms with Crippen molar-refractivity contribution in [2.75, 3.05) is 24.7 Å². The van der Waals surface area contributed by atoms with E-state index < -0.39 is 18.1 Å². The van der Waals surface area contributed by atoms with E-state index in [-0.39, 0.29) is 30.2 Å². The number of ether oxygens (including phenoxy) is 2.